The van der Waals surface area contributed by atoms with Crippen LogP contribution in [0.15, 0.2) is 12.1 Å². The lowest BCUT2D eigenvalue weighted by Crippen LogP contribution is -2.36. The monoisotopic (exact) mass is 218 g/mol. The van der Waals surface area contributed by atoms with Gasteiger partial charge < -0.3 is 9.64 Å². The highest BCUT2D eigenvalue weighted by atomic mass is 16.5. The van der Waals surface area contributed by atoms with E-state index in [1.54, 1.807) is 0 Å². The Hall–Kier alpha value is -1.62. The van der Waals surface area contributed by atoms with Gasteiger partial charge >= 0.3 is 0 Å². The quantitative estimate of drug-likeness (QED) is 0.778. The van der Waals surface area contributed by atoms with Crippen LogP contribution in [0.1, 0.15) is 5.69 Å². The SMILES string of the molecule is Cc1[nH]nc2nc(N3CCOCC3)ccc12. The predicted octanol–water partition coefficient (Wildman–Crippen LogP) is 1.10. The first-order chi connectivity index (χ1) is 7.84. The summed E-state index contributed by atoms with van der Waals surface area (Å²) in [6.07, 6.45) is 0. The van der Waals surface area contributed by atoms with E-state index < -0.39 is 0 Å². The number of fused-ring (bicyclic) bond motifs is 1. The molecule has 0 atom stereocenters. The van der Waals surface area contributed by atoms with Gasteiger partial charge in [0.2, 0.25) is 0 Å². The molecule has 1 aliphatic rings. The summed E-state index contributed by atoms with van der Waals surface area (Å²) in [6.45, 7) is 5.37. The smallest absolute Gasteiger partial charge is 0.183 e. The summed E-state index contributed by atoms with van der Waals surface area (Å²) in [6, 6.07) is 4.13. The molecule has 2 aromatic heterocycles. The molecule has 1 N–H and O–H groups in total. The van der Waals surface area contributed by atoms with Crippen LogP contribution in [0.4, 0.5) is 5.82 Å². The van der Waals surface area contributed by atoms with E-state index >= 15 is 0 Å². The van der Waals surface area contributed by atoms with Crippen molar-refractivity contribution >= 4 is 16.9 Å². The van der Waals surface area contributed by atoms with Crippen molar-refractivity contribution in [2.24, 2.45) is 0 Å². The van der Waals surface area contributed by atoms with Gasteiger partial charge in [-0.2, -0.15) is 5.10 Å². The molecule has 0 bridgehead atoms. The van der Waals surface area contributed by atoms with Gasteiger partial charge in [0.1, 0.15) is 5.82 Å². The summed E-state index contributed by atoms with van der Waals surface area (Å²) >= 11 is 0. The van der Waals surface area contributed by atoms with E-state index in [-0.39, 0.29) is 0 Å². The van der Waals surface area contributed by atoms with Gasteiger partial charge in [0.05, 0.1) is 13.2 Å². The van der Waals surface area contributed by atoms with Gasteiger partial charge in [-0.3, -0.25) is 5.10 Å². The summed E-state index contributed by atoms with van der Waals surface area (Å²) in [5.41, 5.74) is 1.86. The molecule has 2 aromatic rings. The summed E-state index contributed by atoms with van der Waals surface area (Å²) in [7, 11) is 0. The zero-order valence-corrected chi connectivity index (χ0v) is 9.23. The van der Waals surface area contributed by atoms with E-state index in [4.69, 9.17) is 4.74 Å². The van der Waals surface area contributed by atoms with Gasteiger partial charge in [0.15, 0.2) is 5.65 Å². The highest BCUT2D eigenvalue weighted by molar-refractivity contribution is 5.79. The van der Waals surface area contributed by atoms with Crippen LogP contribution >= 0.6 is 0 Å². The fourth-order valence-corrected chi connectivity index (χ4v) is 1.98. The highest BCUT2D eigenvalue weighted by Crippen LogP contribution is 2.19. The Morgan fingerprint density at radius 3 is 2.94 bits per heavy atom. The topological polar surface area (TPSA) is 54.0 Å². The number of ether oxygens (including phenoxy) is 1. The maximum absolute atomic E-state index is 5.32. The molecule has 0 radical (unpaired) electrons. The second-order valence-electron chi connectivity index (χ2n) is 3.99. The molecule has 1 aliphatic heterocycles. The molecule has 1 fully saturated rings. The van der Waals surface area contributed by atoms with Crippen LogP contribution in [0.25, 0.3) is 11.0 Å². The number of nitrogens with one attached hydrogen (secondary N) is 1. The van der Waals surface area contributed by atoms with Crippen molar-refractivity contribution < 1.29 is 4.74 Å². The normalized spacial score (nSPS) is 16.9. The van der Waals surface area contributed by atoms with Gasteiger partial charge in [-0.25, -0.2) is 4.98 Å². The van der Waals surface area contributed by atoms with Crippen molar-refractivity contribution in [1.29, 1.82) is 0 Å². The highest BCUT2D eigenvalue weighted by Gasteiger charge is 2.13. The van der Waals surface area contributed by atoms with Gasteiger partial charge in [0.25, 0.3) is 0 Å². The van der Waals surface area contributed by atoms with Crippen molar-refractivity contribution in [1.82, 2.24) is 15.2 Å². The lowest BCUT2D eigenvalue weighted by Gasteiger charge is -2.27. The van der Waals surface area contributed by atoms with Crippen LogP contribution in [-0.2, 0) is 4.74 Å². The van der Waals surface area contributed by atoms with Crippen LogP contribution in [0.3, 0.4) is 0 Å². The van der Waals surface area contributed by atoms with E-state index in [1.165, 1.54) is 0 Å². The van der Waals surface area contributed by atoms with E-state index in [9.17, 15) is 0 Å². The Kier molecular flexibility index (Phi) is 2.25. The molecule has 3 rings (SSSR count). The molecule has 0 aromatic carbocycles. The lowest BCUT2D eigenvalue weighted by molar-refractivity contribution is 0.122. The number of pyridine rings is 1. The van der Waals surface area contributed by atoms with Crippen molar-refractivity contribution in [3.63, 3.8) is 0 Å². The van der Waals surface area contributed by atoms with Crippen LogP contribution < -0.4 is 4.90 Å². The van der Waals surface area contributed by atoms with Crippen molar-refractivity contribution in [3.8, 4) is 0 Å². The van der Waals surface area contributed by atoms with Gasteiger partial charge in [-0.15, -0.1) is 0 Å². The lowest BCUT2D eigenvalue weighted by atomic mass is 10.2. The fraction of sp³-hybridized carbons (Fsp3) is 0.455. The first kappa shape index (κ1) is 9.59. The molecule has 5 heteroatoms. The molecule has 0 spiro atoms. The summed E-state index contributed by atoms with van der Waals surface area (Å²) < 4.78 is 5.32. The van der Waals surface area contributed by atoms with Crippen LogP contribution in [0.5, 0.6) is 0 Å². The Morgan fingerprint density at radius 1 is 1.31 bits per heavy atom. The summed E-state index contributed by atoms with van der Waals surface area (Å²) in [5, 5.41) is 8.23. The molecular weight excluding hydrogens is 204 g/mol. The first-order valence-corrected chi connectivity index (χ1v) is 5.49. The standard InChI is InChI=1S/C11H14N4O/c1-8-9-2-3-10(12-11(9)14-13-8)15-4-6-16-7-5-15/h2-3H,4-7H2,1H3,(H,12,13,14). The minimum Gasteiger partial charge on any atom is -0.378 e. The van der Waals surface area contributed by atoms with Gasteiger partial charge in [0, 0.05) is 24.2 Å². The number of hydrogen-bond donors (Lipinski definition) is 1. The Labute approximate surface area is 93.4 Å². The van der Waals surface area contributed by atoms with Crippen LogP contribution in [-0.4, -0.2) is 41.5 Å². The number of morpholine rings is 1. The van der Waals surface area contributed by atoms with E-state index in [1.807, 2.05) is 6.92 Å². The van der Waals surface area contributed by atoms with Gasteiger partial charge in [-0.1, -0.05) is 0 Å². The Bertz CT molecular complexity index is 502. The molecule has 84 valence electrons. The molecule has 16 heavy (non-hydrogen) atoms. The number of anilines is 1. The number of H-pyrrole nitrogens is 1. The average molecular weight is 218 g/mol. The van der Waals surface area contributed by atoms with Crippen LogP contribution in [0.2, 0.25) is 0 Å². The summed E-state index contributed by atoms with van der Waals surface area (Å²) in [5.74, 6) is 0.988. The molecule has 0 amide bonds. The molecule has 1 saturated heterocycles. The number of aromatic amines is 1. The average Bonchev–Trinajstić information content (AvgIpc) is 2.72. The summed E-state index contributed by atoms with van der Waals surface area (Å²) in [4.78, 5) is 6.78. The van der Waals surface area contributed by atoms with E-state index in [2.05, 4.69) is 32.2 Å². The zero-order chi connectivity index (χ0) is 11.0. The van der Waals surface area contributed by atoms with Crippen molar-refractivity contribution in [2.45, 2.75) is 6.92 Å². The minimum absolute atomic E-state index is 0.777. The number of hydrogen-bond acceptors (Lipinski definition) is 4. The number of aromatic nitrogens is 3. The second-order valence-corrected chi connectivity index (χ2v) is 3.99. The van der Waals surface area contributed by atoms with Crippen molar-refractivity contribution in [3.05, 3.63) is 17.8 Å². The molecule has 5 nitrogen and oxygen atoms in total. The maximum Gasteiger partial charge on any atom is 0.183 e. The third kappa shape index (κ3) is 1.53. The van der Waals surface area contributed by atoms with Crippen molar-refractivity contribution in [2.75, 3.05) is 31.2 Å². The number of nitrogens with zero attached hydrogens (tertiary/aromatic N) is 3. The maximum atomic E-state index is 5.32. The molecule has 0 saturated carbocycles. The largest absolute Gasteiger partial charge is 0.378 e. The van der Waals surface area contributed by atoms with E-state index in [0.717, 1.165) is 48.8 Å². The van der Waals surface area contributed by atoms with Gasteiger partial charge in [-0.05, 0) is 19.1 Å². The molecular formula is C11H14N4O. The number of rotatable bonds is 1. The minimum atomic E-state index is 0.777. The fourth-order valence-electron chi connectivity index (χ4n) is 1.98. The first-order valence-electron chi connectivity index (χ1n) is 5.49. The Balaban J connectivity index is 1.97. The third-order valence-electron chi connectivity index (χ3n) is 2.93. The van der Waals surface area contributed by atoms with Crippen LogP contribution in [0, 0.1) is 6.92 Å². The zero-order valence-electron chi connectivity index (χ0n) is 9.23. The predicted molar refractivity (Wildman–Crippen MR) is 61.7 cm³/mol. The van der Waals surface area contributed by atoms with E-state index in [0.29, 0.717) is 0 Å². The Morgan fingerprint density at radius 2 is 2.12 bits per heavy atom. The second kappa shape index (κ2) is 3.75. The molecule has 3 heterocycles. The third-order valence-corrected chi connectivity index (χ3v) is 2.93. The number of aryl methyl sites for hydroxylation is 1. The molecule has 0 unspecified atom stereocenters. The molecule has 0 aliphatic carbocycles.